The summed E-state index contributed by atoms with van der Waals surface area (Å²) in [4.78, 5) is 26.7. The molecule has 0 spiro atoms. The van der Waals surface area contributed by atoms with Gasteiger partial charge in [0.1, 0.15) is 0 Å². The van der Waals surface area contributed by atoms with Gasteiger partial charge in [-0.15, -0.1) is 0 Å². The smallest absolute Gasteiger partial charge is 0.241 e. The Morgan fingerprint density at radius 1 is 1.50 bits per heavy atom. The highest BCUT2D eigenvalue weighted by Crippen LogP contribution is 2.11. The van der Waals surface area contributed by atoms with Crippen LogP contribution in [0.25, 0.3) is 0 Å². The normalized spacial score (nSPS) is 18.8. The summed E-state index contributed by atoms with van der Waals surface area (Å²) in [5.74, 6) is 0.0697. The molecule has 2 N–H and O–H groups in total. The minimum atomic E-state index is -0.0280. The van der Waals surface area contributed by atoms with Crippen molar-refractivity contribution >= 4 is 11.8 Å². The second kappa shape index (κ2) is 5.84. The first-order chi connectivity index (χ1) is 7.56. The zero-order valence-electron chi connectivity index (χ0n) is 10.1. The number of amides is 2. The van der Waals surface area contributed by atoms with Gasteiger partial charge in [-0.25, -0.2) is 0 Å². The third-order valence-electron chi connectivity index (χ3n) is 3.03. The van der Waals surface area contributed by atoms with Gasteiger partial charge in [0.15, 0.2) is 0 Å². The van der Waals surface area contributed by atoms with Crippen LogP contribution >= 0.6 is 0 Å². The summed E-state index contributed by atoms with van der Waals surface area (Å²) in [5.41, 5.74) is 5.41. The lowest BCUT2D eigenvalue weighted by molar-refractivity contribution is -0.146. The number of hydrogen-bond acceptors (Lipinski definition) is 3. The maximum atomic E-state index is 12.0. The molecule has 5 heteroatoms. The molecule has 0 bridgehead atoms. The third kappa shape index (κ3) is 3.20. The number of carbonyl (C=O) groups excluding carboxylic acids is 2. The van der Waals surface area contributed by atoms with Crippen LogP contribution in [0.4, 0.5) is 0 Å². The Bertz CT molecular complexity index is 268. The average Bonchev–Trinajstić information content (AvgIpc) is 2.28. The lowest BCUT2D eigenvalue weighted by Crippen LogP contribution is -2.51. The van der Waals surface area contributed by atoms with Crippen molar-refractivity contribution < 1.29 is 9.59 Å². The highest BCUT2D eigenvalue weighted by molar-refractivity contribution is 5.86. The SMILES string of the molecule is CC(CCCN)C(=O)N1CCN(C)C(=O)C1. The molecule has 1 saturated heterocycles. The van der Waals surface area contributed by atoms with E-state index in [1.54, 1.807) is 16.8 Å². The predicted octanol–water partition coefficient (Wildman–Crippen LogP) is -0.338. The first-order valence-corrected chi connectivity index (χ1v) is 5.79. The number of rotatable bonds is 4. The number of carbonyl (C=O) groups is 2. The van der Waals surface area contributed by atoms with Crippen LogP contribution in [0.2, 0.25) is 0 Å². The number of nitrogens with two attached hydrogens (primary N) is 1. The molecule has 92 valence electrons. The quantitative estimate of drug-likeness (QED) is 0.714. The topological polar surface area (TPSA) is 66.6 Å². The average molecular weight is 227 g/mol. The fraction of sp³-hybridized carbons (Fsp3) is 0.818. The van der Waals surface area contributed by atoms with E-state index < -0.39 is 0 Å². The van der Waals surface area contributed by atoms with Gasteiger partial charge in [-0.1, -0.05) is 6.92 Å². The zero-order chi connectivity index (χ0) is 12.1. The molecular formula is C11H21N3O2. The van der Waals surface area contributed by atoms with Gasteiger partial charge in [0.2, 0.25) is 11.8 Å². The molecule has 5 nitrogen and oxygen atoms in total. The van der Waals surface area contributed by atoms with Gasteiger partial charge in [-0.05, 0) is 19.4 Å². The van der Waals surface area contributed by atoms with E-state index >= 15 is 0 Å². The van der Waals surface area contributed by atoms with E-state index in [1.165, 1.54) is 0 Å². The molecule has 1 aliphatic heterocycles. The van der Waals surface area contributed by atoms with Crippen molar-refractivity contribution in [2.45, 2.75) is 19.8 Å². The van der Waals surface area contributed by atoms with Crippen molar-refractivity contribution in [3.05, 3.63) is 0 Å². The van der Waals surface area contributed by atoms with Gasteiger partial charge >= 0.3 is 0 Å². The molecule has 1 rings (SSSR count). The fourth-order valence-corrected chi connectivity index (χ4v) is 1.81. The number of nitrogens with zero attached hydrogens (tertiary/aromatic N) is 2. The number of hydrogen-bond donors (Lipinski definition) is 1. The molecule has 1 aliphatic rings. The highest BCUT2D eigenvalue weighted by atomic mass is 16.2. The second-order valence-corrected chi connectivity index (χ2v) is 4.41. The molecule has 1 fully saturated rings. The largest absolute Gasteiger partial charge is 0.342 e. The van der Waals surface area contributed by atoms with Crippen molar-refractivity contribution in [2.75, 3.05) is 33.2 Å². The van der Waals surface area contributed by atoms with Crippen molar-refractivity contribution in [1.82, 2.24) is 9.80 Å². The summed E-state index contributed by atoms with van der Waals surface area (Å²) in [6.07, 6.45) is 1.66. The van der Waals surface area contributed by atoms with E-state index in [2.05, 4.69) is 0 Å². The molecule has 0 aromatic rings. The first kappa shape index (κ1) is 13.0. The van der Waals surface area contributed by atoms with Crippen molar-refractivity contribution in [2.24, 2.45) is 11.7 Å². The Morgan fingerprint density at radius 3 is 2.75 bits per heavy atom. The Balaban J connectivity index is 2.45. The van der Waals surface area contributed by atoms with Crippen LogP contribution < -0.4 is 5.73 Å². The molecule has 0 aromatic carbocycles. The monoisotopic (exact) mass is 227 g/mol. The van der Waals surface area contributed by atoms with Crippen LogP contribution in [0.5, 0.6) is 0 Å². The lowest BCUT2D eigenvalue weighted by atomic mass is 10.0. The minimum Gasteiger partial charge on any atom is -0.342 e. The summed E-state index contributed by atoms with van der Waals surface area (Å²) in [6.45, 7) is 4.02. The van der Waals surface area contributed by atoms with E-state index in [-0.39, 0.29) is 24.3 Å². The molecule has 1 unspecified atom stereocenters. The highest BCUT2D eigenvalue weighted by Gasteiger charge is 2.27. The van der Waals surface area contributed by atoms with Crippen molar-refractivity contribution in [3.63, 3.8) is 0 Å². The maximum absolute atomic E-state index is 12.0. The van der Waals surface area contributed by atoms with Crippen LogP contribution in [0.15, 0.2) is 0 Å². The molecule has 0 saturated carbocycles. The summed E-state index contributed by atoms with van der Waals surface area (Å²) in [5, 5.41) is 0. The zero-order valence-corrected chi connectivity index (χ0v) is 10.1. The molecule has 1 atom stereocenters. The standard InChI is InChI=1S/C11H21N3O2/c1-9(4-3-5-12)11(16)14-7-6-13(2)10(15)8-14/h9H,3-8,12H2,1-2H3. The summed E-state index contributed by atoms with van der Waals surface area (Å²) >= 11 is 0. The Morgan fingerprint density at radius 2 is 2.19 bits per heavy atom. The van der Waals surface area contributed by atoms with Crippen LogP contribution in [0.3, 0.4) is 0 Å². The number of likely N-dealkylation sites (N-methyl/N-ethyl adjacent to an activating group) is 1. The second-order valence-electron chi connectivity index (χ2n) is 4.41. The molecular weight excluding hydrogens is 206 g/mol. The van der Waals surface area contributed by atoms with E-state index in [1.807, 2.05) is 6.92 Å². The Hall–Kier alpha value is -1.10. The van der Waals surface area contributed by atoms with E-state index in [9.17, 15) is 9.59 Å². The van der Waals surface area contributed by atoms with Crippen molar-refractivity contribution in [3.8, 4) is 0 Å². The van der Waals surface area contributed by atoms with Crippen LogP contribution in [-0.4, -0.2) is 54.8 Å². The molecule has 1 heterocycles. The van der Waals surface area contributed by atoms with Gasteiger partial charge in [0.05, 0.1) is 6.54 Å². The molecule has 0 aliphatic carbocycles. The molecule has 0 aromatic heterocycles. The van der Waals surface area contributed by atoms with Crippen LogP contribution in [0, 0.1) is 5.92 Å². The van der Waals surface area contributed by atoms with E-state index in [4.69, 9.17) is 5.73 Å². The van der Waals surface area contributed by atoms with E-state index in [0.717, 1.165) is 12.8 Å². The predicted molar refractivity (Wildman–Crippen MR) is 61.7 cm³/mol. The molecule has 16 heavy (non-hydrogen) atoms. The van der Waals surface area contributed by atoms with Crippen LogP contribution in [-0.2, 0) is 9.59 Å². The van der Waals surface area contributed by atoms with Crippen molar-refractivity contribution in [1.29, 1.82) is 0 Å². The summed E-state index contributed by atoms with van der Waals surface area (Å²) < 4.78 is 0. The third-order valence-corrected chi connectivity index (χ3v) is 3.03. The van der Waals surface area contributed by atoms with E-state index in [0.29, 0.717) is 19.6 Å². The van der Waals surface area contributed by atoms with Gasteiger partial charge in [-0.2, -0.15) is 0 Å². The van der Waals surface area contributed by atoms with Gasteiger partial charge < -0.3 is 15.5 Å². The molecule has 0 radical (unpaired) electrons. The minimum absolute atomic E-state index is 0.0191. The Labute approximate surface area is 96.6 Å². The number of piperazine rings is 1. The first-order valence-electron chi connectivity index (χ1n) is 5.79. The van der Waals surface area contributed by atoms with Crippen LogP contribution in [0.1, 0.15) is 19.8 Å². The maximum Gasteiger partial charge on any atom is 0.241 e. The van der Waals surface area contributed by atoms with Gasteiger partial charge in [0.25, 0.3) is 0 Å². The van der Waals surface area contributed by atoms with Gasteiger partial charge in [-0.3, -0.25) is 9.59 Å². The summed E-state index contributed by atoms with van der Waals surface area (Å²) in [6, 6.07) is 0. The van der Waals surface area contributed by atoms with Gasteiger partial charge in [0, 0.05) is 26.1 Å². The summed E-state index contributed by atoms with van der Waals surface area (Å²) in [7, 11) is 1.77. The Kier molecular flexibility index (Phi) is 4.73. The fourth-order valence-electron chi connectivity index (χ4n) is 1.81. The molecule has 2 amide bonds. The lowest BCUT2D eigenvalue weighted by Gasteiger charge is -2.33.